The van der Waals surface area contributed by atoms with Gasteiger partial charge in [0.15, 0.2) is 5.78 Å². The second-order valence-corrected chi connectivity index (χ2v) is 7.62. The first-order valence-electron chi connectivity index (χ1n) is 8.41. The molecule has 3 nitrogen and oxygen atoms in total. The highest BCUT2D eigenvalue weighted by atomic mass is 16.5. The van der Waals surface area contributed by atoms with Crippen LogP contribution in [0.4, 0.5) is 0 Å². The Labute approximate surface area is 139 Å². The van der Waals surface area contributed by atoms with Crippen LogP contribution in [0.15, 0.2) is 35.5 Å². The highest BCUT2D eigenvalue weighted by molar-refractivity contribution is 5.95. The Hall–Kier alpha value is -1.64. The van der Waals surface area contributed by atoms with E-state index in [1.807, 2.05) is 26.8 Å². The van der Waals surface area contributed by atoms with E-state index in [1.54, 1.807) is 6.08 Å². The zero-order valence-corrected chi connectivity index (χ0v) is 14.9. The lowest BCUT2D eigenvalue weighted by Crippen LogP contribution is -2.46. The number of carbonyl (C=O) groups is 2. The number of ether oxygens (including phenoxy) is 1. The lowest BCUT2D eigenvalue weighted by Gasteiger charge is -2.49. The Balaban J connectivity index is 2.23. The fraction of sp³-hybridized carbons (Fsp3) is 0.600. The van der Waals surface area contributed by atoms with Crippen molar-refractivity contribution in [3.05, 3.63) is 35.5 Å². The summed E-state index contributed by atoms with van der Waals surface area (Å²) in [6, 6.07) is 0. The molecule has 0 amide bonds. The molecule has 0 heterocycles. The Morgan fingerprint density at radius 3 is 2.61 bits per heavy atom. The van der Waals surface area contributed by atoms with Gasteiger partial charge in [-0.25, -0.2) is 4.79 Å². The highest BCUT2D eigenvalue weighted by Gasteiger charge is 2.48. The van der Waals surface area contributed by atoms with Crippen LogP contribution in [0.2, 0.25) is 0 Å². The van der Waals surface area contributed by atoms with Crippen molar-refractivity contribution < 1.29 is 14.3 Å². The number of hydrogen-bond donors (Lipinski definition) is 0. The summed E-state index contributed by atoms with van der Waals surface area (Å²) in [5.74, 6) is -0.0104. The van der Waals surface area contributed by atoms with Gasteiger partial charge in [0.25, 0.3) is 0 Å². The smallest absolute Gasteiger partial charge is 0.330 e. The molecule has 0 aromatic heterocycles. The second-order valence-electron chi connectivity index (χ2n) is 7.62. The molecule has 0 aromatic carbocycles. The molecule has 3 heteroatoms. The maximum atomic E-state index is 12.3. The number of ketones is 1. The summed E-state index contributed by atoms with van der Waals surface area (Å²) in [6.45, 7) is 14.0. The zero-order chi connectivity index (χ0) is 17.4. The largest absolute Gasteiger partial charge is 0.459 e. The molecule has 1 fully saturated rings. The molecular weight excluding hydrogens is 288 g/mol. The highest BCUT2D eigenvalue weighted by Crippen LogP contribution is 2.52. The van der Waals surface area contributed by atoms with Gasteiger partial charge in [-0.1, -0.05) is 37.1 Å². The molecule has 126 valence electrons. The van der Waals surface area contributed by atoms with Gasteiger partial charge in [-0.05, 0) is 51.5 Å². The SMILES string of the molecule is C=C(C)[C@@H]1C[C@]2(C)C(=CC1=O)CC[C@@H](OC(=O)C=C(C)C)[C@@H]2C. The van der Waals surface area contributed by atoms with Gasteiger partial charge in [-0.15, -0.1) is 0 Å². The molecule has 23 heavy (non-hydrogen) atoms. The summed E-state index contributed by atoms with van der Waals surface area (Å²) in [7, 11) is 0. The Bertz CT molecular complexity index is 592. The number of fused-ring (bicyclic) bond motifs is 1. The minimum Gasteiger partial charge on any atom is -0.459 e. The van der Waals surface area contributed by atoms with Crippen molar-refractivity contribution in [3.63, 3.8) is 0 Å². The van der Waals surface area contributed by atoms with Crippen LogP contribution in [0.1, 0.15) is 53.9 Å². The Morgan fingerprint density at radius 2 is 2.04 bits per heavy atom. The first-order chi connectivity index (χ1) is 10.6. The van der Waals surface area contributed by atoms with E-state index in [-0.39, 0.29) is 35.1 Å². The van der Waals surface area contributed by atoms with Gasteiger partial charge in [0.1, 0.15) is 6.10 Å². The van der Waals surface area contributed by atoms with E-state index in [0.29, 0.717) is 0 Å². The van der Waals surface area contributed by atoms with Crippen molar-refractivity contribution in [3.8, 4) is 0 Å². The molecule has 0 unspecified atom stereocenters. The minimum atomic E-state index is -0.263. The lowest BCUT2D eigenvalue weighted by atomic mass is 9.57. The fourth-order valence-electron chi connectivity index (χ4n) is 3.88. The van der Waals surface area contributed by atoms with E-state index < -0.39 is 0 Å². The quantitative estimate of drug-likeness (QED) is 0.440. The number of hydrogen-bond acceptors (Lipinski definition) is 3. The van der Waals surface area contributed by atoms with E-state index in [1.165, 1.54) is 5.57 Å². The molecule has 2 rings (SSSR count). The third kappa shape index (κ3) is 3.49. The van der Waals surface area contributed by atoms with Crippen LogP contribution in [0, 0.1) is 17.3 Å². The van der Waals surface area contributed by atoms with Crippen molar-refractivity contribution in [2.24, 2.45) is 17.3 Å². The molecule has 0 N–H and O–H groups in total. The van der Waals surface area contributed by atoms with Crippen molar-refractivity contribution in [1.82, 2.24) is 0 Å². The standard InChI is InChI=1S/C20H28O3/c1-12(2)9-19(22)23-18-8-7-15-10-17(21)16(13(3)4)11-20(15,6)14(18)5/h9-10,14,16,18H,3,7-8,11H2,1-2,4-6H3/t14-,16-,18+,20-/m0/s1. The molecule has 0 spiro atoms. The molecule has 0 aromatic rings. The third-order valence-corrected chi connectivity index (χ3v) is 5.55. The van der Waals surface area contributed by atoms with E-state index in [9.17, 15) is 9.59 Å². The van der Waals surface area contributed by atoms with Crippen LogP contribution in [0.5, 0.6) is 0 Å². The lowest BCUT2D eigenvalue weighted by molar-refractivity contribution is -0.150. The molecular formula is C20H28O3. The molecule has 0 saturated heterocycles. The normalized spacial score (nSPS) is 33.3. The summed E-state index contributed by atoms with van der Waals surface area (Å²) in [6.07, 6.45) is 5.65. The van der Waals surface area contributed by atoms with Gasteiger partial charge in [-0.3, -0.25) is 4.79 Å². The summed E-state index contributed by atoms with van der Waals surface area (Å²) >= 11 is 0. The van der Waals surface area contributed by atoms with Gasteiger partial charge in [0.05, 0.1) is 0 Å². The van der Waals surface area contributed by atoms with Gasteiger partial charge >= 0.3 is 5.97 Å². The third-order valence-electron chi connectivity index (χ3n) is 5.55. The molecule has 2 aliphatic rings. The van der Waals surface area contributed by atoms with Crippen LogP contribution < -0.4 is 0 Å². The van der Waals surface area contributed by atoms with Gasteiger partial charge in [0, 0.05) is 17.9 Å². The van der Waals surface area contributed by atoms with Crippen LogP contribution in [0.3, 0.4) is 0 Å². The maximum Gasteiger partial charge on any atom is 0.330 e. The summed E-state index contributed by atoms with van der Waals surface area (Å²) in [5, 5.41) is 0. The molecule has 4 atom stereocenters. The summed E-state index contributed by atoms with van der Waals surface area (Å²) in [5.41, 5.74) is 2.96. The number of rotatable bonds is 3. The molecule has 1 saturated carbocycles. The van der Waals surface area contributed by atoms with Crippen LogP contribution in [-0.4, -0.2) is 17.9 Å². The monoisotopic (exact) mass is 316 g/mol. The first kappa shape index (κ1) is 17.7. The Morgan fingerprint density at radius 1 is 1.39 bits per heavy atom. The van der Waals surface area contributed by atoms with Crippen molar-refractivity contribution >= 4 is 11.8 Å². The van der Waals surface area contributed by atoms with Gasteiger partial charge < -0.3 is 4.74 Å². The van der Waals surface area contributed by atoms with Crippen molar-refractivity contribution in [2.75, 3.05) is 0 Å². The minimum absolute atomic E-state index is 0.0979. The van der Waals surface area contributed by atoms with E-state index in [2.05, 4.69) is 20.4 Å². The predicted octanol–water partition coefficient (Wildman–Crippen LogP) is 4.39. The predicted molar refractivity (Wildman–Crippen MR) is 91.8 cm³/mol. The average molecular weight is 316 g/mol. The zero-order valence-electron chi connectivity index (χ0n) is 14.9. The number of allylic oxidation sites excluding steroid dienone is 4. The van der Waals surface area contributed by atoms with Gasteiger partial charge in [0.2, 0.25) is 0 Å². The van der Waals surface area contributed by atoms with Gasteiger partial charge in [-0.2, -0.15) is 0 Å². The molecule has 0 aliphatic heterocycles. The van der Waals surface area contributed by atoms with E-state index >= 15 is 0 Å². The number of esters is 1. The summed E-state index contributed by atoms with van der Waals surface area (Å²) < 4.78 is 5.70. The fourth-order valence-corrected chi connectivity index (χ4v) is 3.88. The molecule has 2 aliphatic carbocycles. The van der Waals surface area contributed by atoms with Crippen molar-refractivity contribution in [1.29, 1.82) is 0 Å². The van der Waals surface area contributed by atoms with Crippen LogP contribution >= 0.6 is 0 Å². The second kappa shape index (κ2) is 6.46. The van der Waals surface area contributed by atoms with E-state index in [4.69, 9.17) is 4.74 Å². The summed E-state index contributed by atoms with van der Waals surface area (Å²) in [4.78, 5) is 24.3. The van der Waals surface area contributed by atoms with Crippen LogP contribution in [-0.2, 0) is 14.3 Å². The van der Waals surface area contributed by atoms with Crippen molar-refractivity contribution in [2.45, 2.75) is 60.0 Å². The maximum absolute atomic E-state index is 12.3. The Kier molecular flexibility index (Phi) is 4.98. The first-order valence-corrected chi connectivity index (χ1v) is 8.41. The van der Waals surface area contributed by atoms with Crippen LogP contribution in [0.25, 0.3) is 0 Å². The molecule has 0 bridgehead atoms. The van der Waals surface area contributed by atoms with E-state index in [0.717, 1.165) is 30.4 Å². The topological polar surface area (TPSA) is 43.4 Å². The average Bonchev–Trinajstić information content (AvgIpc) is 2.43. The molecule has 0 radical (unpaired) electrons. The number of carbonyl (C=O) groups excluding carboxylic acids is 2.